The standard InChI is InChI=1S/C77H58N6O6/c78-71(75(86)87)63(73(84)80-55-17-5-1-6-18-55)39-47-25-31-59-61-33-27-51(49-29-35-69-53(43-49)15-13-37-82(69)57-21-9-3-10-22-57)45-67(61)77(65(59)41-47)66-42-48(40-64(72(79)76(88)89)74(85)81-56-19-7-2-8-20-56)26-32-60(66)62-34-28-52(46-68(62)77)50-30-36-70-54(44-50)16-14-38-83(70)58-23-11-4-12-24-58/h1-12,17-36,39-46,78-79H,13-16,37-38H2,(H,80,84)(H,81,85)(H,86,87)(H,88,89)/b63-39-,64-40-,78-71?,79-72?. The lowest BCUT2D eigenvalue weighted by atomic mass is 9.69. The Kier molecular flexibility index (Phi) is 14.1. The number of carbonyl (C=O) groups is 4. The van der Waals surface area contributed by atoms with E-state index in [9.17, 15) is 29.4 Å². The van der Waals surface area contributed by atoms with E-state index in [0.717, 1.165) is 117 Å². The molecule has 0 saturated heterocycles. The van der Waals surface area contributed by atoms with Gasteiger partial charge in [-0.2, -0.15) is 0 Å². The molecule has 10 aromatic carbocycles. The third-order valence-corrected chi connectivity index (χ3v) is 17.7. The highest BCUT2D eigenvalue weighted by molar-refractivity contribution is 6.50. The van der Waals surface area contributed by atoms with Crippen molar-refractivity contribution in [2.24, 2.45) is 0 Å². The van der Waals surface area contributed by atoms with E-state index < -0.39 is 40.6 Å². The third kappa shape index (κ3) is 9.96. The summed E-state index contributed by atoms with van der Waals surface area (Å²) in [6.45, 7) is 1.80. The number of hydrogen-bond acceptors (Lipinski definition) is 8. The van der Waals surface area contributed by atoms with Crippen LogP contribution < -0.4 is 20.4 Å². The first-order valence-corrected chi connectivity index (χ1v) is 29.7. The Balaban J connectivity index is 1.00. The van der Waals surface area contributed by atoms with Crippen LogP contribution in [-0.4, -0.2) is 58.5 Å². The molecule has 1 spiro atoms. The number of fused-ring (bicyclic) bond motifs is 12. The van der Waals surface area contributed by atoms with Crippen LogP contribution in [0.1, 0.15) is 57.3 Å². The van der Waals surface area contributed by atoms with E-state index in [4.69, 9.17) is 10.8 Å². The van der Waals surface area contributed by atoms with Crippen molar-refractivity contribution in [3.8, 4) is 44.5 Å². The van der Waals surface area contributed by atoms with Crippen LogP contribution >= 0.6 is 0 Å². The maximum absolute atomic E-state index is 14.2. The summed E-state index contributed by atoms with van der Waals surface area (Å²) in [7, 11) is 0. The fourth-order valence-electron chi connectivity index (χ4n) is 13.6. The van der Waals surface area contributed by atoms with Crippen LogP contribution in [0, 0.1) is 10.8 Å². The van der Waals surface area contributed by atoms with E-state index in [0.29, 0.717) is 22.5 Å². The summed E-state index contributed by atoms with van der Waals surface area (Å²) in [5, 5.41) is 43.9. The Labute approximate surface area is 514 Å². The van der Waals surface area contributed by atoms with Gasteiger partial charge in [0.15, 0.2) is 11.4 Å². The highest BCUT2D eigenvalue weighted by Gasteiger charge is 2.52. The molecule has 0 bridgehead atoms. The molecule has 12 nitrogen and oxygen atoms in total. The Bertz CT molecular complexity index is 4360. The number of benzene rings is 10. The van der Waals surface area contributed by atoms with Crippen molar-refractivity contribution in [1.82, 2.24) is 0 Å². The Hall–Kier alpha value is -11.5. The van der Waals surface area contributed by atoms with Crippen molar-refractivity contribution in [3.63, 3.8) is 0 Å². The van der Waals surface area contributed by atoms with Gasteiger partial charge in [-0.15, -0.1) is 0 Å². The summed E-state index contributed by atoms with van der Waals surface area (Å²) in [5.41, 5.74) is 16.4. The van der Waals surface area contributed by atoms with Gasteiger partial charge in [0.2, 0.25) is 0 Å². The molecular weight excluding hydrogens is 1100 g/mol. The molecule has 0 fully saturated rings. The zero-order valence-corrected chi connectivity index (χ0v) is 48.3. The number of rotatable bonds is 14. The van der Waals surface area contributed by atoms with Crippen LogP contribution in [0.3, 0.4) is 0 Å². The van der Waals surface area contributed by atoms with E-state index in [1.807, 2.05) is 48.5 Å². The lowest BCUT2D eigenvalue weighted by molar-refractivity contribution is -0.130. The van der Waals surface area contributed by atoms with Gasteiger partial charge in [-0.1, -0.05) is 133 Å². The van der Waals surface area contributed by atoms with Gasteiger partial charge in [0.25, 0.3) is 11.8 Å². The zero-order valence-electron chi connectivity index (χ0n) is 48.3. The van der Waals surface area contributed by atoms with E-state index in [1.54, 1.807) is 60.7 Å². The first kappa shape index (κ1) is 55.4. The summed E-state index contributed by atoms with van der Waals surface area (Å²) in [6, 6.07) is 76.5. The second-order valence-corrected chi connectivity index (χ2v) is 22.9. The van der Waals surface area contributed by atoms with Crippen LogP contribution in [0.2, 0.25) is 0 Å². The number of carbonyl (C=O) groups excluding carboxylic acids is 2. The van der Waals surface area contributed by atoms with E-state index in [1.165, 1.54) is 34.7 Å². The van der Waals surface area contributed by atoms with Gasteiger partial charge in [-0.05, 0) is 224 Å². The molecule has 89 heavy (non-hydrogen) atoms. The average molecular weight is 1160 g/mol. The van der Waals surface area contributed by atoms with E-state index >= 15 is 0 Å². The predicted molar refractivity (Wildman–Crippen MR) is 354 cm³/mol. The summed E-state index contributed by atoms with van der Waals surface area (Å²) >= 11 is 0. The minimum Gasteiger partial charge on any atom is -0.477 e. The number of amides is 2. The van der Waals surface area contributed by atoms with Gasteiger partial charge in [0.05, 0.1) is 16.6 Å². The summed E-state index contributed by atoms with van der Waals surface area (Å²) in [6.07, 6.45) is 6.69. The summed E-state index contributed by atoms with van der Waals surface area (Å²) in [4.78, 5) is 58.7. The predicted octanol–water partition coefficient (Wildman–Crippen LogP) is 15.8. The van der Waals surface area contributed by atoms with Crippen LogP contribution in [0.5, 0.6) is 0 Å². The molecule has 2 aliphatic heterocycles. The lowest BCUT2D eigenvalue weighted by Gasteiger charge is -2.33. The maximum atomic E-state index is 14.2. The molecule has 14 rings (SSSR count). The monoisotopic (exact) mass is 1160 g/mol. The number of nitrogens with zero attached hydrogens (tertiary/aromatic N) is 2. The minimum atomic E-state index is -1.57. The van der Waals surface area contributed by atoms with Crippen LogP contribution in [-0.2, 0) is 37.4 Å². The Morgan fingerprint density at radius 3 is 1.12 bits per heavy atom. The summed E-state index contributed by atoms with van der Waals surface area (Å²) < 4.78 is 0. The molecule has 0 unspecified atom stereocenters. The molecular formula is C77H58N6O6. The van der Waals surface area contributed by atoms with Crippen molar-refractivity contribution >= 4 is 81.5 Å². The number of anilines is 6. The number of nitrogens with one attached hydrogen (secondary N) is 4. The molecule has 2 aliphatic carbocycles. The Morgan fingerprint density at radius 2 is 0.742 bits per heavy atom. The molecule has 0 atom stereocenters. The molecule has 0 aromatic heterocycles. The number of carboxylic acids is 2. The van der Waals surface area contributed by atoms with Gasteiger partial charge in [-0.3, -0.25) is 20.4 Å². The van der Waals surface area contributed by atoms with Crippen molar-refractivity contribution in [1.29, 1.82) is 10.8 Å². The number of hydrogen-bond donors (Lipinski definition) is 6. The van der Waals surface area contributed by atoms with Gasteiger partial charge in [0.1, 0.15) is 0 Å². The van der Waals surface area contributed by atoms with Crippen molar-refractivity contribution in [2.45, 2.75) is 31.1 Å². The maximum Gasteiger partial charge on any atom is 0.354 e. The van der Waals surface area contributed by atoms with Crippen LogP contribution in [0.15, 0.2) is 242 Å². The smallest absolute Gasteiger partial charge is 0.354 e. The number of aryl methyl sites for hydroxylation is 2. The van der Waals surface area contributed by atoms with Gasteiger partial charge >= 0.3 is 11.9 Å². The molecule has 4 aliphatic rings. The average Bonchev–Trinajstić information content (AvgIpc) is 1.51. The van der Waals surface area contributed by atoms with E-state index in [2.05, 4.69) is 142 Å². The van der Waals surface area contributed by atoms with Gasteiger partial charge in [-0.25, -0.2) is 9.59 Å². The molecule has 6 N–H and O–H groups in total. The number of aliphatic carboxylic acids is 2. The molecule has 2 heterocycles. The molecule has 12 heteroatoms. The van der Waals surface area contributed by atoms with Crippen LogP contribution in [0.4, 0.5) is 34.1 Å². The zero-order chi connectivity index (χ0) is 60.9. The lowest BCUT2D eigenvalue weighted by Crippen LogP contribution is -2.27. The third-order valence-electron chi connectivity index (χ3n) is 17.7. The Morgan fingerprint density at radius 1 is 0.404 bits per heavy atom. The second-order valence-electron chi connectivity index (χ2n) is 22.9. The van der Waals surface area contributed by atoms with Gasteiger partial charge in [0, 0.05) is 47.2 Å². The second kappa shape index (κ2) is 22.7. The fourth-order valence-corrected chi connectivity index (χ4v) is 13.6. The summed E-state index contributed by atoms with van der Waals surface area (Å²) in [5.74, 6) is -4.67. The topological polar surface area (TPSA) is 187 Å². The minimum absolute atomic E-state index is 0.353. The molecule has 2 amide bonds. The quantitative estimate of drug-likeness (QED) is 0.0458. The van der Waals surface area contributed by atoms with Crippen molar-refractivity contribution in [2.75, 3.05) is 33.5 Å². The van der Waals surface area contributed by atoms with E-state index in [-0.39, 0.29) is 11.1 Å². The molecule has 432 valence electrons. The normalized spacial score (nSPS) is 15.2. The van der Waals surface area contributed by atoms with Crippen molar-refractivity contribution in [3.05, 3.63) is 286 Å². The highest BCUT2D eigenvalue weighted by Crippen LogP contribution is 2.64. The van der Waals surface area contributed by atoms with Gasteiger partial charge < -0.3 is 30.6 Å². The fraction of sp³-hybridized carbons (Fsp3) is 0.0909. The molecule has 0 saturated carbocycles. The number of para-hydroxylation sites is 4. The highest BCUT2D eigenvalue weighted by atomic mass is 16.4. The number of carboxylic acid groups (broad SMARTS) is 2. The van der Waals surface area contributed by atoms with Crippen LogP contribution in [0.25, 0.3) is 56.7 Å². The first-order chi connectivity index (χ1) is 43.4. The van der Waals surface area contributed by atoms with Crippen molar-refractivity contribution < 1.29 is 29.4 Å². The SMILES string of the molecule is N=C(C(=O)O)/C(=C/c1ccc2c(c1)C1(c3cc(/C=C(/C(=N)C(=O)O)C(=O)Nc4ccccc4)ccc3-c3ccc(-c4ccc5c(c4)CCCN5c4ccccc4)cc31)c1cc(-c3ccc4c(c3)CCCN4c3ccccc3)ccc1-2)C(=O)Nc1ccccc1. The first-order valence-electron chi connectivity index (χ1n) is 29.7. The molecule has 0 radical (unpaired) electrons. The largest absolute Gasteiger partial charge is 0.477 e. The molecule has 10 aromatic rings.